The van der Waals surface area contributed by atoms with Gasteiger partial charge in [0.25, 0.3) is 5.91 Å². The Morgan fingerprint density at radius 3 is 2.79 bits per heavy atom. The SMILES string of the molecule is CNC(=O)c1cccc(NCc2ccc(C)cn2)c1. The molecule has 2 N–H and O–H groups in total. The van der Waals surface area contributed by atoms with Crippen LogP contribution in [0.25, 0.3) is 0 Å². The summed E-state index contributed by atoms with van der Waals surface area (Å²) in [5.74, 6) is -0.0860. The molecule has 0 spiro atoms. The quantitative estimate of drug-likeness (QED) is 0.881. The molecule has 0 aliphatic carbocycles. The summed E-state index contributed by atoms with van der Waals surface area (Å²) < 4.78 is 0. The predicted octanol–water partition coefficient (Wildman–Crippen LogP) is 2.36. The first-order chi connectivity index (χ1) is 9.19. The number of rotatable bonds is 4. The Morgan fingerprint density at radius 2 is 2.11 bits per heavy atom. The summed E-state index contributed by atoms with van der Waals surface area (Å²) in [6, 6.07) is 11.4. The summed E-state index contributed by atoms with van der Waals surface area (Å²) in [4.78, 5) is 15.9. The van der Waals surface area contributed by atoms with E-state index in [-0.39, 0.29) is 5.91 Å². The van der Waals surface area contributed by atoms with Gasteiger partial charge in [-0.3, -0.25) is 9.78 Å². The highest BCUT2D eigenvalue weighted by atomic mass is 16.1. The van der Waals surface area contributed by atoms with Gasteiger partial charge in [-0.1, -0.05) is 12.1 Å². The van der Waals surface area contributed by atoms with Crippen molar-refractivity contribution < 1.29 is 4.79 Å². The van der Waals surface area contributed by atoms with E-state index in [1.165, 1.54) is 0 Å². The second kappa shape index (κ2) is 6.00. The maximum atomic E-state index is 11.5. The number of carbonyl (C=O) groups is 1. The second-order valence-corrected chi connectivity index (χ2v) is 4.34. The van der Waals surface area contributed by atoms with Crippen LogP contribution in [0.1, 0.15) is 21.6 Å². The van der Waals surface area contributed by atoms with Crippen LogP contribution in [-0.4, -0.2) is 17.9 Å². The smallest absolute Gasteiger partial charge is 0.251 e. The number of carbonyl (C=O) groups excluding carboxylic acids is 1. The first kappa shape index (κ1) is 13.1. The molecule has 2 rings (SSSR count). The van der Waals surface area contributed by atoms with Crippen LogP contribution in [0.2, 0.25) is 0 Å². The molecule has 2 aromatic rings. The topological polar surface area (TPSA) is 54.0 Å². The number of hydrogen-bond acceptors (Lipinski definition) is 3. The molecule has 0 saturated carbocycles. The Labute approximate surface area is 112 Å². The lowest BCUT2D eigenvalue weighted by molar-refractivity contribution is 0.0963. The molecule has 1 heterocycles. The molecule has 0 bridgehead atoms. The van der Waals surface area contributed by atoms with Crippen molar-refractivity contribution in [3.63, 3.8) is 0 Å². The zero-order valence-electron chi connectivity index (χ0n) is 11.1. The van der Waals surface area contributed by atoms with Gasteiger partial charge < -0.3 is 10.6 Å². The number of hydrogen-bond donors (Lipinski definition) is 2. The molecule has 1 aromatic carbocycles. The molecule has 1 aromatic heterocycles. The van der Waals surface area contributed by atoms with E-state index < -0.39 is 0 Å². The Balaban J connectivity index is 2.03. The third kappa shape index (κ3) is 3.55. The van der Waals surface area contributed by atoms with Crippen molar-refractivity contribution in [1.29, 1.82) is 0 Å². The molecule has 1 amide bonds. The zero-order valence-corrected chi connectivity index (χ0v) is 11.1. The van der Waals surface area contributed by atoms with Crippen molar-refractivity contribution >= 4 is 11.6 Å². The molecule has 0 fully saturated rings. The average molecular weight is 255 g/mol. The summed E-state index contributed by atoms with van der Waals surface area (Å²) in [5.41, 5.74) is 3.66. The number of aryl methyl sites for hydroxylation is 1. The minimum absolute atomic E-state index is 0.0860. The minimum Gasteiger partial charge on any atom is -0.379 e. The lowest BCUT2D eigenvalue weighted by Crippen LogP contribution is -2.17. The van der Waals surface area contributed by atoms with Crippen LogP contribution < -0.4 is 10.6 Å². The molecular formula is C15H17N3O. The van der Waals surface area contributed by atoms with Crippen molar-refractivity contribution in [2.45, 2.75) is 13.5 Å². The minimum atomic E-state index is -0.0860. The fraction of sp³-hybridized carbons (Fsp3) is 0.200. The van der Waals surface area contributed by atoms with Gasteiger partial charge in [-0.2, -0.15) is 0 Å². The summed E-state index contributed by atoms with van der Waals surface area (Å²) in [6.45, 7) is 2.65. The molecule has 0 aliphatic rings. The molecule has 4 nitrogen and oxygen atoms in total. The van der Waals surface area contributed by atoms with Gasteiger partial charge in [0, 0.05) is 24.5 Å². The third-order valence-corrected chi connectivity index (χ3v) is 2.80. The number of pyridine rings is 1. The van der Waals surface area contributed by atoms with Gasteiger partial charge in [-0.05, 0) is 36.8 Å². The molecule has 4 heteroatoms. The van der Waals surface area contributed by atoms with E-state index in [0.717, 1.165) is 16.9 Å². The lowest BCUT2D eigenvalue weighted by atomic mass is 10.2. The Morgan fingerprint density at radius 1 is 1.26 bits per heavy atom. The van der Waals surface area contributed by atoms with Gasteiger partial charge in [-0.15, -0.1) is 0 Å². The first-order valence-corrected chi connectivity index (χ1v) is 6.16. The maximum Gasteiger partial charge on any atom is 0.251 e. The highest BCUT2D eigenvalue weighted by Gasteiger charge is 2.03. The van der Waals surface area contributed by atoms with E-state index in [1.54, 1.807) is 13.1 Å². The molecule has 0 radical (unpaired) electrons. The van der Waals surface area contributed by atoms with Crippen LogP contribution >= 0.6 is 0 Å². The monoisotopic (exact) mass is 255 g/mol. The Kier molecular flexibility index (Phi) is 4.13. The Hall–Kier alpha value is -2.36. The van der Waals surface area contributed by atoms with Gasteiger partial charge >= 0.3 is 0 Å². The second-order valence-electron chi connectivity index (χ2n) is 4.34. The van der Waals surface area contributed by atoms with Crippen LogP contribution in [0.5, 0.6) is 0 Å². The number of nitrogens with zero attached hydrogens (tertiary/aromatic N) is 1. The van der Waals surface area contributed by atoms with E-state index in [0.29, 0.717) is 12.1 Å². The van der Waals surface area contributed by atoms with Crippen LogP contribution in [0.15, 0.2) is 42.6 Å². The van der Waals surface area contributed by atoms with Gasteiger partial charge in [-0.25, -0.2) is 0 Å². The predicted molar refractivity (Wildman–Crippen MR) is 76.1 cm³/mol. The first-order valence-electron chi connectivity index (χ1n) is 6.16. The molecular weight excluding hydrogens is 238 g/mol. The number of benzene rings is 1. The van der Waals surface area contributed by atoms with Crippen molar-refractivity contribution in [1.82, 2.24) is 10.3 Å². The van der Waals surface area contributed by atoms with E-state index >= 15 is 0 Å². The van der Waals surface area contributed by atoms with E-state index in [2.05, 4.69) is 15.6 Å². The zero-order chi connectivity index (χ0) is 13.7. The van der Waals surface area contributed by atoms with E-state index in [9.17, 15) is 4.79 Å². The molecule has 98 valence electrons. The number of amides is 1. The van der Waals surface area contributed by atoms with Crippen LogP contribution in [-0.2, 0) is 6.54 Å². The van der Waals surface area contributed by atoms with Crippen LogP contribution in [0, 0.1) is 6.92 Å². The summed E-state index contributed by atoms with van der Waals surface area (Å²) in [6.07, 6.45) is 1.85. The fourth-order valence-electron chi connectivity index (χ4n) is 1.71. The highest BCUT2D eigenvalue weighted by molar-refractivity contribution is 5.94. The summed E-state index contributed by atoms with van der Waals surface area (Å²) in [7, 11) is 1.62. The van der Waals surface area contributed by atoms with Gasteiger partial charge in [0.1, 0.15) is 0 Å². The summed E-state index contributed by atoms with van der Waals surface area (Å²) in [5, 5.41) is 5.87. The van der Waals surface area contributed by atoms with Crippen molar-refractivity contribution in [2.24, 2.45) is 0 Å². The Bertz CT molecular complexity index is 564. The third-order valence-electron chi connectivity index (χ3n) is 2.80. The summed E-state index contributed by atoms with van der Waals surface area (Å²) >= 11 is 0. The largest absolute Gasteiger partial charge is 0.379 e. The van der Waals surface area contributed by atoms with E-state index in [1.807, 2.05) is 43.5 Å². The van der Waals surface area contributed by atoms with Crippen molar-refractivity contribution in [2.75, 3.05) is 12.4 Å². The van der Waals surface area contributed by atoms with Crippen molar-refractivity contribution in [3.05, 3.63) is 59.4 Å². The fourth-order valence-corrected chi connectivity index (χ4v) is 1.71. The van der Waals surface area contributed by atoms with Gasteiger partial charge in [0.2, 0.25) is 0 Å². The number of nitrogens with one attached hydrogen (secondary N) is 2. The molecule has 0 aliphatic heterocycles. The van der Waals surface area contributed by atoms with Gasteiger partial charge in [0.15, 0.2) is 0 Å². The standard InChI is InChI=1S/C15H17N3O/c1-11-6-7-14(17-9-11)10-18-13-5-3-4-12(8-13)15(19)16-2/h3-9,18H,10H2,1-2H3,(H,16,19). The molecule has 0 saturated heterocycles. The maximum absolute atomic E-state index is 11.5. The number of anilines is 1. The molecule has 0 unspecified atom stereocenters. The van der Waals surface area contributed by atoms with Crippen LogP contribution in [0.3, 0.4) is 0 Å². The highest BCUT2D eigenvalue weighted by Crippen LogP contribution is 2.11. The van der Waals surface area contributed by atoms with Crippen molar-refractivity contribution in [3.8, 4) is 0 Å². The van der Waals surface area contributed by atoms with Crippen LogP contribution in [0.4, 0.5) is 5.69 Å². The lowest BCUT2D eigenvalue weighted by Gasteiger charge is -2.07. The van der Waals surface area contributed by atoms with E-state index in [4.69, 9.17) is 0 Å². The normalized spacial score (nSPS) is 10.0. The number of aromatic nitrogens is 1. The average Bonchev–Trinajstić information content (AvgIpc) is 2.46. The molecule has 19 heavy (non-hydrogen) atoms. The van der Waals surface area contributed by atoms with Gasteiger partial charge in [0.05, 0.1) is 12.2 Å². The molecule has 0 atom stereocenters.